The quantitative estimate of drug-likeness (QED) is 0.438. The second-order valence-corrected chi connectivity index (χ2v) is 8.33. The maximum atomic E-state index is 12.4. The predicted octanol–water partition coefficient (Wildman–Crippen LogP) is 4.60. The molecule has 7 nitrogen and oxygen atoms in total. The SMILES string of the molecule is CCOC(=O)COc1ccc(/C=C2\SC(=Nc3cc(C)ccc3OC)NC2=O)cc1Br. The molecule has 0 atom stereocenters. The molecule has 0 bridgehead atoms. The number of amidine groups is 1. The third-order valence-corrected chi connectivity index (χ3v) is 5.64. The molecule has 1 aliphatic rings. The zero-order chi connectivity index (χ0) is 22.4. The van der Waals surface area contributed by atoms with Gasteiger partial charge in [-0.2, -0.15) is 0 Å². The molecule has 1 fully saturated rings. The van der Waals surface area contributed by atoms with Gasteiger partial charge in [0.25, 0.3) is 5.91 Å². The lowest BCUT2D eigenvalue weighted by molar-refractivity contribution is -0.145. The van der Waals surface area contributed by atoms with E-state index in [9.17, 15) is 9.59 Å². The molecular formula is C22H21BrN2O5S. The molecule has 1 heterocycles. The predicted molar refractivity (Wildman–Crippen MR) is 125 cm³/mol. The van der Waals surface area contributed by atoms with Crippen molar-refractivity contribution in [2.24, 2.45) is 4.99 Å². The van der Waals surface area contributed by atoms with Crippen LogP contribution in [0, 0.1) is 6.92 Å². The van der Waals surface area contributed by atoms with Gasteiger partial charge in [-0.1, -0.05) is 12.1 Å². The van der Waals surface area contributed by atoms with Crippen molar-refractivity contribution in [2.75, 3.05) is 20.3 Å². The maximum Gasteiger partial charge on any atom is 0.344 e. The minimum atomic E-state index is -0.434. The third kappa shape index (κ3) is 6.11. The molecule has 0 radical (unpaired) electrons. The number of amides is 1. The van der Waals surface area contributed by atoms with Gasteiger partial charge in [0, 0.05) is 0 Å². The van der Waals surface area contributed by atoms with E-state index in [0.717, 1.165) is 11.1 Å². The number of carbonyl (C=O) groups excluding carboxylic acids is 2. The average molecular weight is 505 g/mol. The molecule has 0 unspecified atom stereocenters. The second kappa shape index (κ2) is 10.5. The Balaban J connectivity index is 1.74. The number of aryl methyl sites for hydroxylation is 1. The van der Waals surface area contributed by atoms with Crippen LogP contribution in [0.5, 0.6) is 11.5 Å². The van der Waals surface area contributed by atoms with E-state index >= 15 is 0 Å². The van der Waals surface area contributed by atoms with E-state index in [4.69, 9.17) is 14.2 Å². The number of carbonyl (C=O) groups is 2. The van der Waals surface area contributed by atoms with Gasteiger partial charge in [-0.3, -0.25) is 4.79 Å². The Morgan fingerprint density at radius 2 is 2.00 bits per heavy atom. The number of thioether (sulfide) groups is 1. The molecule has 0 aromatic heterocycles. The van der Waals surface area contributed by atoms with Crippen molar-refractivity contribution in [3.05, 3.63) is 56.9 Å². The Morgan fingerprint density at radius 1 is 1.23 bits per heavy atom. The standard InChI is InChI=1S/C22H21BrN2O5S/c1-4-29-20(26)12-30-17-8-6-14(10-15(17)23)11-19-21(27)25-22(31-19)24-16-9-13(2)5-7-18(16)28-3/h5-11H,4,12H2,1-3H3,(H,24,25,27)/b19-11-. The molecule has 0 spiro atoms. The normalized spacial score (nSPS) is 15.8. The number of aliphatic imine (C=N–C) groups is 1. The maximum absolute atomic E-state index is 12.4. The number of rotatable bonds is 7. The van der Waals surface area contributed by atoms with Crippen LogP contribution in [0.1, 0.15) is 18.1 Å². The van der Waals surface area contributed by atoms with E-state index < -0.39 is 5.97 Å². The lowest BCUT2D eigenvalue weighted by Crippen LogP contribution is -2.19. The van der Waals surface area contributed by atoms with Crippen LogP contribution in [0.2, 0.25) is 0 Å². The van der Waals surface area contributed by atoms with Crippen LogP contribution in [0.15, 0.2) is 50.8 Å². The summed E-state index contributed by atoms with van der Waals surface area (Å²) in [5.74, 6) is 0.478. The van der Waals surface area contributed by atoms with Crippen LogP contribution in [0.4, 0.5) is 5.69 Å². The Kier molecular flexibility index (Phi) is 7.75. The van der Waals surface area contributed by atoms with Crippen molar-refractivity contribution in [3.63, 3.8) is 0 Å². The van der Waals surface area contributed by atoms with E-state index in [2.05, 4.69) is 26.2 Å². The molecule has 9 heteroatoms. The number of halogens is 1. The van der Waals surface area contributed by atoms with Crippen LogP contribution < -0.4 is 14.8 Å². The molecule has 2 aromatic carbocycles. The third-order valence-electron chi connectivity index (χ3n) is 4.11. The zero-order valence-electron chi connectivity index (χ0n) is 17.2. The Labute approximate surface area is 193 Å². The smallest absolute Gasteiger partial charge is 0.344 e. The second-order valence-electron chi connectivity index (χ2n) is 6.44. The number of hydrogen-bond donors (Lipinski definition) is 1. The highest BCUT2D eigenvalue weighted by atomic mass is 79.9. The molecule has 0 saturated carbocycles. The summed E-state index contributed by atoms with van der Waals surface area (Å²) in [6, 6.07) is 11.0. The van der Waals surface area contributed by atoms with Crippen LogP contribution in [0.3, 0.4) is 0 Å². The van der Waals surface area contributed by atoms with Crippen molar-refractivity contribution < 1.29 is 23.8 Å². The lowest BCUT2D eigenvalue weighted by atomic mass is 10.2. The van der Waals surface area contributed by atoms with Crippen LogP contribution in [-0.4, -0.2) is 37.4 Å². The van der Waals surface area contributed by atoms with Crippen molar-refractivity contribution in [1.29, 1.82) is 0 Å². The summed E-state index contributed by atoms with van der Waals surface area (Å²) in [7, 11) is 1.58. The van der Waals surface area contributed by atoms with Gasteiger partial charge in [0.05, 0.1) is 23.1 Å². The van der Waals surface area contributed by atoms with Gasteiger partial charge in [-0.25, -0.2) is 9.79 Å². The van der Waals surface area contributed by atoms with Gasteiger partial charge in [0.1, 0.15) is 17.2 Å². The fourth-order valence-electron chi connectivity index (χ4n) is 2.69. The monoisotopic (exact) mass is 504 g/mol. The Bertz CT molecular complexity index is 1070. The van der Waals surface area contributed by atoms with Crippen molar-refractivity contribution >= 4 is 56.5 Å². The summed E-state index contributed by atoms with van der Waals surface area (Å²) in [5.41, 5.74) is 2.49. The molecule has 0 aliphatic carbocycles. The van der Waals surface area contributed by atoms with E-state index in [1.165, 1.54) is 11.8 Å². The molecule has 2 aromatic rings. The molecule has 162 valence electrons. The van der Waals surface area contributed by atoms with Gasteiger partial charge in [-0.15, -0.1) is 0 Å². The highest BCUT2D eigenvalue weighted by molar-refractivity contribution is 9.10. The van der Waals surface area contributed by atoms with Crippen molar-refractivity contribution in [1.82, 2.24) is 5.32 Å². The summed E-state index contributed by atoms with van der Waals surface area (Å²) in [6.45, 7) is 3.83. The summed E-state index contributed by atoms with van der Waals surface area (Å²) < 4.78 is 16.3. The largest absolute Gasteiger partial charge is 0.494 e. The lowest BCUT2D eigenvalue weighted by Gasteiger charge is -2.08. The number of nitrogens with zero attached hydrogens (tertiary/aromatic N) is 1. The molecule has 3 rings (SSSR count). The topological polar surface area (TPSA) is 86.2 Å². The average Bonchev–Trinajstić information content (AvgIpc) is 3.06. The zero-order valence-corrected chi connectivity index (χ0v) is 19.6. The van der Waals surface area contributed by atoms with Gasteiger partial charge in [-0.05, 0) is 83.0 Å². The van der Waals surface area contributed by atoms with Crippen molar-refractivity contribution in [3.8, 4) is 11.5 Å². The van der Waals surface area contributed by atoms with Gasteiger partial charge < -0.3 is 19.5 Å². The Hall–Kier alpha value is -2.78. The van der Waals surface area contributed by atoms with E-state index in [-0.39, 0.29) is 12.5 Å². The van der Waals surface area contributed by atoms with Crippen LogP contribution >= 0.6 is 27.7 Å². The minimum absolute atomic E-state index is 0.173. The minimum Gasteiger partial charge on any atom is -0.494 e. The molecule has 1 amide bonds. The number of esters is 1. The van der Waals surface area contributed by atoms with Gasteiger partial charge in [0.2, 0.25) is 0 Å². The first-order chi connectivity index (χ1) is 14.9. The van der Waals surface area contributed by atoms with E-state index in [1.807, 2.05) is 25.1 Å². The first-order valence-electron chi connectivity index (χ1n) is 9.41. The molecule has 1 saturated heterocycles. The highest BCUT2D eigenvalue weighted by Gasteiger charge is 2.24. The first-order valence-corrected chi connectivity index (χ1v) is 11.0. The van der Waals surface area contributed by atoms with Crippen molar-refractivity contribution in [2.45, 2.75) is 13.8 Å². The summed E-state index contributed by atoms with van der Waals surface area (Å²) in [6.07, 6.45) is 1.76. The Morgan fingerprint density at radius 3 is 2.71 bits per heavy atom. The summed E-state index contributed by atoms with van der Waals surface area (Å²) in [5, 5.41) is 3.26. The number of ether oxygens (including phenoxy) is 3. The summed E-state index contributed by atoms with van der Waals surface area (Å²) in [4.78, 5) is 28.9. The fourth-order valence-corrected chi connectivity index (χ4v) is 4.04. The summed E-state index contributed by atoms with van der Waals surface area (Å²) >= 11 is 4.68. The number of nitrogens with one attached hydrogen (secondary N) is 1. The molecular weight excluding hydrogens is 484 g/mol. The van der Waals surface area contributed by atoms with Crippen LogP contribution in [0.25, 0.3) is 6.08 Å². The fraction of sp³-hybridized carbons (Fsp3) is 0.227. The number of benzene rings is 2. The molecule has 1 aliphatic heterocycles. The molecule has 31 heavy (non-hydrogen) atoms. The van der Waals surface area contributed by atoms with E-state index in [0.29, 0.717) is 38.3 Å². The highest BCUT2D eigenvalue weighted by Crippen LogP contribution is 2.34. The van der Waals surface area contributed by atoms with Gasteiger partial charge in [0.15, 0.2) is 11.8 Å². The van der Waals surface area contributed by atoms with E-state index in [1.54, 1.807) is 38.3 Å². The first kappa shape index (κ1) is 22.9. The number of hydrogen-bond acceptors (Lipinski definition) is 7. The number of methoxy groups -OCH3 is 1. The van der Waals surface area contributed by atoms with Crippen LogP contribution in [-0.2, 0) is 14.3 Å². The molecule has 1 N–H and O–H groups in total. The van der Waals surface area contributed by atoms with Gasteiger partial charge >= 0.3 is 5.97 Å².